The second-order valence-corrected chi connectivity index (χ2v) is 5.79. The average molecular weight is 357 g/mol. The lowest BCUT2D eigenvalue weighted by Crippen LogP contribution is -2.38. The predicted molar refractivity (Wildman–Crippen MR) is 102 cm³/mol. The molecule has 140 valence electrons. The van der Waals surface area contributed by atoms with Gasteiger partial charge in [-0.15, -0.1) is 0 Å². The number of guanidine groups is 1. The molecule has 0 aliphatic heterocycles. The van der Waals surface area contributed by atoms with Gasteiger partial charge in [0.1, 0.15) is 6.54 Å². The van der Waals surface area contributed by atoms with Crippen LogP contribution in [0.5, 0.6) is 0 Å². The van der Waals surface area contributed by atoms with Crippen LogP contribution in [0.15, 0.2) is 39.8 Å². The van der Waals surface area contributed by atoms with Gasteiger partial charge in [-0.05, 0) is 37.5 Å². The summed E-state index contributed by atoms with van der Waals surface area (Å²) in [7, 11) is 1.63. The number of nitrogens with one attached hydrogen (secondary N) is 3. The molecule has 0 bridgehead atoms. The highest BCUT2D eigenvalue weighted by atomic mass is 16.5. The topological polar surface area (TPSA) is 91.6 Å². The third-order valence-corrected chi connectivity index (χ3v) is 3.83. The molecule has 0 aliphatic rings. The molecule has 26 heavy (non-hydrogen) atoms. The van der Waals surface area contributed by atoms with Crippen LogP contribution in [0.4, 0.5) is 0 Å². The van der Waals surface area contributed by atoms with Gasteiger partial charge in [-0.2, -0.15) is 0 Å². The fourth-order valence-electron chi connectivity index (χ4n) is 2.43. The SMILES string of the molecule is CCNC(=NCc1cc(CC)no1)NCCc1cccc(C(=O)NC)c1. The first kappa shape index (κ1) is 19.5. The lowest BCUT2D eigenvalue weighted by molar-refractivity contribution is 0.0963. The highest BCUT2D eigenvalue weighted by Gasteiger charge is 2.05. The number of amides is 1. The van der Waals surface area contributed by atoms with Gasteiger partial charge in [0.15, 0.2) is 11.7 Å². The maximum Gasteiger partial charge on any atom is 0.251 e. The first-order chi connectivity index (χ1) is 12.7. The average Bonchev–Trinajstić information content (AvgIpc) is 3.14. The first-order valence-corrected chi connectivity index (χ1v) is 8.93. The van der Waals surface area contributed by atoms with E-state index < -0.39 is 0 Å². The van der Waals surface area contributed by atoms with Gasteiger partial charge in [0, 0.05) is 31.8 Å². The molecule has 1 aromatic heterocycles. The molecule has 1 heterocycles. The molecule has 0 saturated carbocycles. The van der Waals surface area contributed by atoms with Gasteiger partial charge in [-0.25, -0.2) is 4.99 Å². The zero-order valence-corrected chi connectivity index (χ0v) is 15.6. The van der Waals surface area contributed by atoms with Gasteiger partial charge in [-0.3, -0.25) is 4.79 Å². The Morgan fingerprint density at radius 1 is 1.23 bits per heavy atom. The van der Waals surface area contributed by atoms with Gasteiger partial charge in [-0.1, -0.05) is 24.2 Å². The summed E-state index contributed by atoms with van der Waals surface area (Å²) in [5, 5.41) is 13.1. The second-order valence-electron chi connectivity index (χ2n) is 5.79. The molecule has 2 aromatic rings. The molecule has 0 saturated heterocycles. The largest absolute Gasteiger partial charge is 0.359 e. The van der Waals surface area contributed by atoms with Crippen molar-refractivity contribution in [2.45, 2.75) is 33.2 Å². The van der Waals surface area contributed by atoms with E-state index in [1.54, 1.807) is 7.05 Å². The van der Waals surface area contributed by atoms with E-state index in [2.05, 4.69) is 26.1 Å². The molecule has 1 amide bonds. The standard InChI is InChI=1S/C19H27N5O2/c1-4-16-12-17(26-24-16)13-23-19(21-5-2)22-10-9-14-7-6-8-15(11-14)18(25)20-3/h6-8,11-12H,4-5,9-10,13H2,1-3H3,(H,20,25)(H2,21,22,23). The van der Waals surface area contributed by atoms with E-state index in [-0.39, 0.29) is 5.91 Å². The third kappa shape index (κ3) is 5.91. The van der Waals surface area contributed by atoms with E-state index in [0.717, 1.165) is 42.4 Å². The van der Waals surface area contributed by atoms with Crippen molar-refractivity contribution >= 4 is 11.9 Å². The van der Waals surface area contributed by atoms with E-state index in [1.165, 1.54) is 0 Å². The van der Waals surface area contributed by atoms with Crippen molar-refractivity contribution in [1.29, 1.82) is 0 Å². The second kappa shape index (κ2) is 10.2. The fourth-order valence-corrected chi connectivity index (χ4v) is 2.43. The van der Waals surface area contributed by atoms with E-state index in [4.69, 9.17) is 4.52 Å². The smallest absolute Gasteiger partial charge is 0.251 e. The number of aliphatic imine (C=N–C) groups is 1. The number of carbonyl (C=O) groups excluding carboxylic acids is 1. The van der Waals surface area contributed by atoms with Crippen LogP contribution in [0.2, 0.25) is 0 Å². The zero-order chi connectivity index (χ0) is 18.8. The van der Waals surface area contributed by atoms with Gasteiger partial charge < -0.3 is 20.5 Å². The summed E-state index contributed by atoms with van der Waals surface area (Å²) < 4.78 is 5.25. The maximum atomic E-state index is 11.7. The number of hydrogen-bond acceptors (Lipinski definition) is 4. The highest BCUT2D eigenvalue weighted by Crippen LogP contribution is 2.06. The Morgan fingerprint density at radius 2 is 2.08 bits per heavy atom. The minimum atomic E-state index is -0.0757. The van der Waals surface area contributed by atoms with Crippen molar-refractivity contribution < 1.29 is 9.32 Å². The number of hydrogen-bond donors (Lipinski definition) is 3. The van der Waals surface area contributed by atoms with Gasteiger partial charge in [0.05, 0.1) is 5.69 Å². The van der Waals surface area contributed by atoms with Crippen molar-refractivity contribution in [3.8, 4) is 0 Å². The lowest BCUT2D eigenvalue weighted by atomic mass is 10.1. The predicted octanol–water partition coefficient (Wildman–Crippen LogP) is 1.89. The van der Waals surface area contributed by atoms with Crippen LogP contribution >= 0.6 is 0 Å². The van der Waals surface area contributed by atoms with Crippen LogP contribution in [0.1, 0.15) is 41.2 Å². The number of rotatable bonds is 8. The molecular formula is C19H27N5O2. The Kier molecular flexibility index (Phi) is 7.67. The number of aryl methyl sites for hydroxylation is 1. The van der Waals surface area contributed by atoms with Crippen LogP contribution in [-0.4, -0.2) is 37.2 Å². The molecule has 7 heteroatoms. The summed E-state index contributed by atoms with van der Waals surface area (Å²) >= 11 is 0. The van der Waals surface area contributed by atoms with Crippen molar-refractivity contribution in [3.63, 3.8) is 0 Å². The molecule has 0 fully saturated rings. The van der Waals surface area contributed by atoms with E-state index in [9.17, 15) is 4.79 Å². The van der Waals surface area contributed by atoms with Crippen molar-refractivity contribution in [1.82, 2.24) is 21.1 Å². The molecule has 0 atom stereocenters. The Hall–Kier alpha value is -2.83. The van der Waals surface area contributed by atoms with Crippen LogP contribution in [0.3, 0.4) is 0 Å². The zero-order valence-electron chi connectivity index (χ0n) is 15.6. The fraction of sp³-hybridized carbons (Fsp3) is 0.421. The molecule has 0 aliphatic carbocycles. The Bertz CT molecular complexity index is 739. The summed E-state index contributed by atoms with van der Waals surface area (Å²) in [6, 6.07) is 9.55. The van der Waals surface area contributed by atoms with Crippen LogP contribution in [-0.2, 0) is 19.4 Å². The maximum absolute atomic E-state index is 11.7. The normalized spacial score (nSPS) is 11.3. The molecule has 0 unspecified atom stereocenters. The lowest BCUT2D eigenvalue weighted by Gasteiger charge is -2.11. The van der Waals surface area contributed by atoms with E-state index in [0.29, 0.717) is 18.7 Å². The monoisotopic (exact) mass is 357 g/mol. The number of benzene rings is 1. The molecule has 7 nitrogen and oxygen atoms in total. The van der Waals surface area contributed by atoms with E-state index >= 15 is 0 Å². The Balaban J connectivity index is 1.89. The van der Waals surface area contributed by atoms with E-state index in [1.807, 2.05) is 44.2 Å². The Labute approximate surface area is 154 Å². The van der Waals surface area contributed by atoms with Crippen LogP contribution < -0.4 is 16.0 Å². The van der Waals surface area contributed by atoms with Crippen molar-refractivity contribution in [2.75, 3.05) is 20.1 Å². The first-order valence-electron chi connectivity index (χ1n) is 8.93. The Morgan fingerprint density at radius 3 is 2.77 bits per heavy atom. The van der Waals surface area contributed by atoms with Gasteiger partial charge >= 0.3 is 0 Å². The molecule has 1 aromatic carbocycles. The van der Waals surface area contributed by atoms with Gasteiger partial charge in [0.2, 0.25) is 0 Å². The third-order valence-electron chi connectivity index (χ3n) is 3.83. The number of aromatic nitrogens is 1. The van der Waals surface area contributed by atoms with Gasteiger partial charge in [0.25, 0.3) is 5.91 Å². The summed E-state index contributed by atoms with van der Waals surface area (Å²) in [4.78, 5) is 16.2. The molecule has 3 N–H and O–H groups in total. The minimum absolute atomic E-state index is 0.0757. The van der Waals surface area contributed by atoms with Crippen LogP contribution in [0, 0.1) is 0 Å². The van der Waals surface area contributed by atoms with Crippen LogP contribution in [0.25, 0.3) is 0 Å². The van der Waals surface area contributed by atoms with Crippen molar-refractivity contribution in [2.24, 2.45) is 4.99 Å². The minimum Gasteiger partial charge on any atom is -0.359 e. The summed E-state index contributed by atoms with van der Waals surface area (Å²) in [5.74, 6) is 1.40. The molecular weight excluding hydrogens is 330 g/mol. The summed E-state index contributed by atoms with van der Waals surface area (Å²) in [5.41, 5.74) is 2.70. The number of carbonyl (C=O) groups is 1. The highest BCUT2D eigenvalue weighted by molar-refractivity contribution is 5.94. The molecule has 0 spiro atoms. The quantitative estimate of drug-likeness (QED) is 0.496. The molecule has 2 rings (SSSR count). The summed E-state index contributed by atoms with van der Waals surface area (Å²) in [6.45, 7) is 5.98. The summed E-state index contributed by atoms with van der Waals surface area (Å²) in [6.07, 6.45) is 1.64. The molecule has 0 radical (unpaired) electrons. The van der Waals surface area contributed by atoms with Crippen molar-refractivity contribution in [3.05, 3.63) is 52.9 Å². The number of nitrogens with zero attached hydrogens (tertiary/aromatic N) is 2.